The van der Waals surface area contributed by atoms with Gasteiger partial charge in [-0.1, -0.05) is 48.0 Å². The summed E-state index contributed by atoms with van der Waals surface area (Å²) in [4.78, 5) is 25.6. The molecular formula is C21H11ClN2O2. The van der Waals surface area contributed by atoms with Gasteiger partial charge in [-0.25, -0.2) is 0 Å². The van der Waals surface area contributed by atoms with Gasteiger partial charge in [0.05, 0.1) is 27.9 Å². The van der Waals surface area contributed by atoms with E-state index in [4.69, 9.17) is 16.9 Å². The highest BCUT2D eigenvalue weighted by Crippen LogP contribution is 2.38. The first-order valence-electron chi connectivity index (χ1n) is 7.88. The van der Waals surface area contributed by atoms with Gasteiger partial charge in [0.1, 0.15) is 0 Å². The lowest BCUT2D eigenvalue weighted by atomic mass is 10.00. The zero-order valence-electron chi connectivity index (χ0n) is 13.4. The molecule has 0 radical (unpaired) electrons. The number of hydrogen-bond acceptors (Lipinski definition) is 3. The molecule has 1 aliphatic carbocycles. The van der Waals surface area contributed by atoms with E-state index in [1.807, 2.05) is 24.3 Å². The van der Waals surface area contributed by atoms with Crippen molar-refractivity contribution in [2.75, 3.05) is 5.32 Å². The van der Waals surface area contributed by atoms with E-state index in [0.29, 0.717) is 27.9 Å². The minimum atomic E-state index is -0.422. The second-order valence-corrected chi connectivity index (χ2v) is 6.27. The minimum Gasteiger partial charge on any atom is -0.321 e. The number of nitriles is 1. The maximum atomic E-state index is 12.8. The van der Waals surface area contributed by atoms with Crippen LogP contribution in [0.25, 0.3) is 11.1 Å². The molecule has 26 heavy (non-hydrogen) atoms. The number of nitrogens with one attached hydrogen (secondary N) is 1. The molecule has 4 rings (SSSR count). The highest BCUT2D eigenvalue weighted by Gasteiger charge is 2.30. The summed E-state index contributed by atoms with van der Waals surface area (Å²) in [6.45, 7) is 0. The highest BCUT2D eigenvalue weighted by molar-refractivity contribution is 6.34. The van der Waals surface area contributed by atoms with E-state index in [0.717, 1.165) is 11.1 Å². The van der Waals surface area contributed by atoms with Crippen LogP contribution in [0.2, 0.25) is 5.02 Å². The fourth-order valence-electron chi connectivity index (χ4n) is 3.14. The smallest absolute Gasteiger partial charge is 0.256 e. The van der Waals surface area contributed by atoms with Crippen molar-refractivity contribution in [2.45, 2.75) is 0 Å². The third kappa shape index (κ3) is 2.46. The predicted molar refractivity (Wildman–Crippen MR) is 99.4 cm³/mol. The normalized spacial score (nSPS) is 11.5. The second-order valence-electron chi connectivity index (χ2n) is 5.86. The SMILES string of the molecule is N#Cc1ccc(NC(=O)c2cccc3c2C(=O)c2ccccc2-3)c(Cl)c1. The second kappa shape index (κ2) is 6.14. The van der Waals surface area contributed by atoms with Crippen LogP contribution in [-0.4, -0.2) is 11.7 Å². The molecule has 0 bridgehead atoms. The summed E-state index contributed by atoms with van der Waals surface area (Å²) in [6, 6.07) is 19.1. The first kappa shape index (κ1) is 16.1. The Morgan fingerprint density at radius 1 is 0.962 bits per heavy atom. The van der Waals surface area contributed by atoms with Gasteiger partial charge >= 0.3 is 0 Å². The van der Waals surface area contributed by atoms with Crippen LogP contribution in [0.15, 0.2) is 60.7 Å². The zero-order valence-corrected chi connectivity index (χ0v) is 14.2. The summed E-state index contributed by atoms with van der Waals surface area (Å²) in [5.74, 6) is -0.582. The molecule has 3 aromatic carbocycles. The molecule has 0 fully saturated rings. The lowest BCUT2D eigenvalue weighted by molar-refractivity contribution is 0.0999. The number of carbonyl (C=O) groups excluding carboxylic acids is 2. The number of ketones is 1. The van der Waals surface area contributed by atoms with Gasteiger partial charge in [-0.15, -0.1) is 0 Å². The van der Waals surface area contributed by atoms with Crippen molar-refractivity contribution in [1.29, 1.82) is 5.26 Å². The van der Waals surface area contributed by atoms with Gasteiger partial charge in [-0.3, -0.25) is 9.59 Å². The number of anilines is 1. The molecule has 0 saturated heterocycles. The molecule has 0 heterocycles. The van der Waals surface area contributed by atoms with E-state index in [2.05, 4.69) is 5.32 Å². The molecule has 0 unspecified atom stereocenters. The Balaban J connectivity index is 1.74. The Hall–Kier alpha value is -3.42. The number of hydrogen-bond donors (Lipinski definition) is 1. The molecule has 0 atom stereocenters. The molecule has 0 aliphatic heterocycles. The first-order chi connectivity index (χ1) is 12.6. The van der Waals surface area contributed by atoms with Crippen LogP contribution in [0.1, 0.15) is 31.8 Å². The minimum absolute atomic E-state index is 0.160. The fourth-order valence-corrected chi connectivity index (χ4v) is 3.36. The molecule has 5 heteroatoms. The molecule has 3 aromatic rings. The van der Waals surface area contributed by atoms with Crippen molar-refractivity contribution in [3.8, 4) is 17.2 Å². The van der Waals surface area contributed by atoms with E-state index in [1.54, 1.807) is 36.4 Å². The van der Waals surface area contributed by atoms with Crippen molar-refractivity contribution >= 4 is 29.0 Å². The Morgan fingerprint density at radius 3 is 2.42 bits per heavy atom. The van der Waals surface area contributed by atoms with E-state index in [9.17, 15) is 9.59 Å². The lowest BCUT2D eigenvalue weighted by Gasteiger charge is -2.10. The number of rotatable bonds is 2. The van der Waals surface area contributed by atoms with E-state index in [-0.39, 0.29) is 10.8 Å². The van der Waals surface area contributed by atoms with Crippen molar-refractivity contribution in [3.05, 3.63) is 87.9 Å². The van der Waals surface area contributed by atoms with Gasteiger partial charge in [-0.2, -0.15) is 5.26 Å². The molecule has 124 valence electrons. The molecule has 1 amide bonds. The third-order valence-electron chi connectivity index (χ3n) is 4.34. The van der Waals surface area contributed by atoms with E-state index >= 15 is 0 Å². The maximum absolute atomic E-state index is 12.8. The molecule has 1 N–H and O–H groups in total. The average Bonchev–Trinajstić information content (AvgIpc) is 2.96. The summed E-state index contributed by atoms with van der Waals surface area (Å²) in [5, 5.41) is 11.9. The monoisotopic (exact) mass is 358 g/mol. The molecule has 0 aromatic heterocycles. The van der Waals surface area contributed by atoms with Crippen LogP contribution in [0, 0.1) is 11.3 Å². The Morgan fingerprint density at radius 2 is 1.69 bits per heavy atom. The molecule has 1 aliphatic rings. The van der Waals surface area contributed by atoms with Gasteiger partial charge in [0, 0.05) is 11.1 Å². The predicted octanol–water partition coefficient (Wildman–Crippen LogP) is 4.68. The van der Waals surface area contributed by atoms with Gasteiger partial charge in [0.15, 0.2) is 5.78 Å². The number of halogens is 1. The number of fused-ring (bicyclic) bond motifs is 3. The average molecular weight is 359 g/mol. The van der Waals surface area contributed by atoms with Crippen molar-refractivity contribution in [1.82, 2.24) is 0 Å². The molecule has 0 spiro atoms. The quantitative estimate of drug-likeness (QED) is 0.565. The number of carbonyl (C=O) groups is 2. The van der Waals surface area contributed by atoms with E-state index in [1.165, 1.54) is 6.07 Å². The Labute approximate surface area is 154 Å². The summed E-state index contributed by atoms with van der Waals surface area (Å²) in [5.41, 5.74) is 3.66. The third-order valence-corrected chi connectivity index (χ3v) is 4.66. The summed E-state index contributed by atoms with van der Waals surface area (Å²) in [7, 11) is 0. The summed E-state index contributed by atoms with van der Waals surface area (Å²) in [6.07, 6.45) is 0. The number of benzene rings is 3. The van der Waals surface area contributed by atoms with Crippen molar-refractivity contribution in [3.63, 3.8) is 0 Å². The van der Waals surface area contributed by atoms with Crippen molar-refractivity contribution in [2.24, 2.45) is 0 Å². The highest BCUT2D eigenvalue weighted by atomic mass is 35.5. The van der Waals surface area contributed by atoms with Gasteiger partial charge in [0.25, 0.3) is 5.91 Å². The fraction of sp³-hybridized carbons (Fsp3) is 0. The standard InChI is InChI=1S/C21H11ClN2O2/c22-17-10-12(11-23)8-9-18(17)24-21(26)16-7-3-6-14-13-4-1-2-5-15(13)20(25)19(14)16/h1-10H,(H,24,26). The topological polar surface area (TPSA) is 70.0 Å². The van der Waals surface area contributed by atoms with Gasteiger partial charge < -0.3 is 5.32 Å². The Kier molecular flexibility index (Phi) is 3.80. The summed E-state index contributed by atoms with van der Waals surface area (Å²) >= 11 is 6.13. The van der Waals surface area contributed by atoms with E-state index < -0.39 is 5.91 Å². The first-order valence-corrected chi connectivity index (χ1v) is 8.26. The Bertz CT molecular complexity index is 1130. The zero-order chi connectivity index (χ0) is 18.3. The van der Waals surface area contributed by atoms with Crippen LogP contribution in [-0.2, 0) is 0 Å². The van der Waals surface area contributed by atoms with Crippen LogP contribution >= 0.6 is 11.6 Å². The van der Waals surface area contributed by atoms with Crippen LogP contribution in [0.4, 0.5) is 5.69 Å². The molecule has 4 nitrogen and oxygen atoms in total. The van der Waals surface area contributed by atoms with Gasteiger partial charge in [0.2, 0.25) is 0 Å². The summed E-state index contributed by atoms with van der Waals surface area (Å²) < 4.78 is 0. The number of amides is 1. The lowest BCUT2D eigenvalue weighted by Crippen LogP contribution is -2.16. The van der Waals surface area contributed by atoms with Crippen LogP contribution in [0.5, 0.6) is 0 Å². The molecule has 0 saturated carbocycles. The largest absolute Gasteiger partial charge is 0.321 e. The van der Waals surface area contributed by atoms with Crippen LogP contribution < -0.4 is 5.32 Å². The van der Waals surface area contributed by atoms with Crippen molar-refractivity contribution < 1.29 is 9.59 Å². The van der Waals surface area contributed by atoms with Crippen LogP contribution in [0.3, 0.4) is 0 Å². The molecular weight excluding hydrogens is 348 g/mol. The maximum Gasteiger partial charge on any atom is 0.256 e. The number of nitrogens with zero attached hydrogens (tertiary/aromatic N) is 1. The van der Waals surface area contributed by atoms with Gasteiger partial charge in [-0.05, 0) is 35.4 Å².